The lowest BCUT2D eigenvalue weighted by atomic mass is 10.2. The zero-order valence-corrected chi connectivity index (χ0v) is 9.03. The zero-order valence-electron chi connectivity index (χ0n) is 8.27. The number of hydrogen-bond donors (Lipinski definition) is 0. The van der Waals surface area contributed by atoms with Crippen molar-refractivity contribution in [2.24, 2.45) is 0 Å². The normalized spacial score (nSPS) is 17.6. The van der Waals surface area contributed by atoms with Gasteiger partial charge in [-0.05, 0) is 0 Å². The minimum Gasteiger partial charge on any atom is -0.371 e. The number of hydrogen-bond acceptors (Lipinski definition) is 3. The van der Waals surface area contributed by atoms with Crippen LogP contribution in [-0.4, -0.2) is 45.0 Å². The van der Waals surface area contributed by atoms with E-state index in [0.29, 0.717) is 0 Å². The van der Waals surface area contributed by atoms with Crippen LogP contribution in [0.5, 0.6) is 0 Å². The largest absolute Gasteiger partial charge is 0.407 e. The highest BCUT2D eigenvalue weighted by Gasteiger charge is 2.55. The van der Waals surface area contributed by atoms with Crippen molar-refractivity contribution in [1.82, 2.24) is 0 Å². The summed E-state index contributed by atoms with van der Waals surface area (Å²) in [6.07, 6.45) is -6.94. The van der Waals surface area contributed by atoms with Crippen LogP contribution >= 0.6 is 11.6 Å². The van der Waals surface area contributed by atoms with Crippen molar-refractivity contribution >= 4 is 11.6 Å². The first-order valence-electron chi connectivity index (χ1n) is 3.75. The van der Waals surface area contributed by atoms with Crippen LogP contribution < -0.4 is 0 Å². The highest BCUT2D eigenvalue weighted by atomic mass is 35.5. The van der Waals surface area contributed by atoms with Gasteiger partial charge in [0, 0.05) is 21.3 Å². The van der Waals surface area contributed by atoms with Gasteiger partial charge in [0.2, 0.25) is 0 Å². The van der Waals surface area contributed by atoms with Crippen molar-refractivity contribution in [3.8, 4) is 0 Å². The second-order valence-electron chi connectivity index (χ2n) is 2.59. The van der Waals surface area contributed by atoms with Gasteiger partial charge in [-0.2, -0.15) is 17.6 Å². The van der Waals surface area contributed by atoms with Crippen LogP contribution in [0.3, 0.4) is 0 Å². The predicted molar refractivity (Wildman–Crippen MR) is 44.4 cm³/mol. The van der Waals surface area contributed by atoms with Gasteiger partial charge in [-0.1, -0.05) is 0 Å². The Bertz CT molecular complexity index is 195. The molecule has 0 heterocycles. The van der Waals surface area contributed by atoms with E-state index in [1.807, 2.05) is 0 Å². The Kier molecular flexibility index (Phi) is 5.25. The second kappa shape index (κ2) is 5.29. The Morgan fingerprint density at radius 1 is 1.00 bits per heavy atom. The van der Waals surface area contributed by atoms with Gasteiger partial charge in [0.25, 0.3) is 0 Å². The Hall–Kier alpha value is -0.110. The molecule has 0 spiro atoms. The SMILES string of the molecule is COC(C(Cl)C(F)(F)F)C(F)(OC)OC. The topological polar surface area (TPSA) is 27.7 Å². The van der Waals surface area contributed by atoms with Crippen molar-refractivity contribution in [2.45, 2.75) is 23.7 Å². The van der Waals surface area contributed by atoms with Crippen LogP contribution in [0.15, 0.2) is 0 Å². The number of ether oxygens (including phenoxy) is 3. The van der Waals surface area contributed by atoms with Gasteiger partial charge in [-0.25, -0.2) is 0 Å². The minimum atomic E-state index is -4.82. The maximum Gasteiger partial charge on any atom is 0.407 e. The molecule has 0 aliphatic rings. The summed E-state index contributed by atoms with van der Waals surface area (Å²) in [4.78, 5) is 0. The van der Waals surface area contributed by atoms with E-state index in [4.69, 9.17) is 11.6 Å². The minimum absolute atomic E-state index is 0.843. The molecule has 15 heavy (non-hydrogen) atoms. The van der Waals surface area contributed by atoms with Crippen LogP contribution in [0.1, 0.15) is 0 Å². The van der Waals surface area contributed by atoms with E-state index in [2.05, 4.69) is 14.2 Å². The van der Waals surface area contributed by atoms with Gasteiger partial charge >= 0.3 is 12.2 Å². The zero-order chi connectivity index (χ0) is 12.3. The Morgan fingerprint density at radius 2 is 1.40 bits per heavy atom. The molecule has 3 nitrogen and oxygen atoms in total. The molecule has 2 atom stereocenters. The maximum absolute atomic E-state index is 13.5. The monoisotopic (exact) mass is 254 g/mol. The lowest BCUT2D eigenvalue weighted by Crippen LogP contribution is -2.52. The molecule has 92 valence electrons. The van der Waals surface area contributed by atoms with Gasteiger partial charge in [-0.15, -0.1) is 11.6 Å². The van der Waals surface area contributed by atoms with E-state index >= 15 is 0 Å². The molecule has 8 heteroatoms. The fraction of sp³-hybridized carbons (Fsp3) is 1.00. The van der Waals surface area contributed by atoms with Crippen molar-refractivity contribution < 1.29 is 31.8 Å². The van der Waals surface area contributed by atoms with E-state index in [1.54, 1.807) is 0 Å². The summed E-state index contributed by atoms with van der Waals surface area (Å²) in [7, 11) is 2.56. The molecule has 0 fully saturated rings. The summed E-state index contributed by atoms with van der Waals surface area (Å²) in [5.41, 5.74) is 0. The predicted octanol–water partition coefficient (Wildman–Crippen LogP) is 2.09. The fourth-order valence-corrected chi connectivity index (χ4v) is 1.18. The molecule has 0 aliphatic carbocycles. The summed E-state index contributed by atoms with van der Waals surface area (Å²) < 4.78 is 62.8. The first-order valence-corrected chi connectivity index (χ1v) is 4.19. The third-order valence-corrected chi connectivity index (χ3v) is 2.21. The Morgan fingerprint density at radius 3 is 1.60 bits per heavy atom. The molecule has 0 bridgehead atoms. The summed E-state index contributed by atoms with van der Waals surface area (Å²) >= 11 is 5.02. The quantitative estimate of drug-likeness (QED) is 0.427. The highest BCUT2D eigenvalue weighted by Crippen LogP contribution is 2.35. The van der Waals surface area contributed by atoms with E-state index in [9.17, 15) is 17.6 Å². The third kappa shape index (κ3) is 3.44. The molecule has 0 amide bonds. The molecular formula is C7H11ClF4O3. The van der Waals surface area contributed by atoms with E-state index in [0.717, 1.165) is 21.3 Å². The molecule has 0 aromatic carbocycles. The highest BCUT2D eigenvalue weighted by molar-refractivity contribution is 6.21. The molecule has 0 N–H and O–H groups in total. The summed E-state index contributed by atoms with van der Waals surface area (Å²) in [6.45, 7) is 0. The van der Waals surface area contributed by atoms with Crippen LogP contribution in [0.25, 0.3) is 0 Å². The molecule has 2 unspecified atom stereocenters. The first kappa shape index (κ1) is 14.9. The van der Waals surface area contributed by atoms with Crippen LogP contribution in [0.4, 0.5) is 17.6 Å². The van der Waals surface area contributed by atoms with Gasteiger partial charge < -0.3 is 14.2 Å². The molecule has 0 radical (unpaired) electrons. The van der Waals surface area contributed by atoms with Gasteiger partial charge in [0.05, 0.1) is 0 Å². The lowest BCUT2D eigenvalue weighted by molar-refractivity contribution is -0.349. The molecule has 0 saturated heterocycles. The molecule has 0 saturated carbocycles. The lowest BCUT2D eigenvalue weighted by Gasteiger charge is -2.32. The van der Waals surface area contributed by atoms with Crippen molar-refractivity contribution in [3.63, 3.8) is 0 Å². The Balaban J connectivity index is 4.90. The van der Waals surface area contributed by atoms with Crippen molar-refractivity contribution in [1.29, 1.82) is 0 Å². The van der Waals surface area contributed by atoms with Gasteiger partial charge in [0.1, 0.15) is 0 Å². The first-order chi connectivity index (χ1) is 6.72. The van der Waals surface area contributed by atoms with Crippen molar-refractivity contribution in [3.05, 3.63) is 0 Å². The standard InChI is InChI=1S/C7H11ClF4O3/c1-13-5(4(8)6(9,10)11)7(12,14-2)15-3/h4-5H,1-3H3. The smallest absolute Gasteiger partial charge is 0.371 e. The maximum atomic E-state index is 13.5. The van der Waals surface area contributed by atoms with E-state index < -0.39 is 23.7 Å². The Labute approximate surface area is 89.2 Å². The summed E-state index contributed by atoms with van der Waals surface area (Å²) in [6, 6.07) is -3.04. The fourth-order valence-electron chi connectivity index (χ4n) is 0.922. The summed E-state index contributed by atoms with van der Waals surface area (Å²) in [5.74, 6) is 0. The number of alkyl halides is 5. The van der Waals surface area contributed by atoms with Crippen LogP contribution in [-0.2, 0) is 14.2 Å². The van der Waals surface area contributed by atoms with Crippen LogP contribution in [0.2, 0.25) is 0 Å². The molecule has 0 aromatic heterocycles. The second-order valence-corrected chi connectivity index (χ2v) is 3.06. The molecular weight excluding hydrogens is 244 g/mol. The number of halogens is 5. The van der Waals surface area contributed by atoms with Gasteiger partial charge in [-0.3, -0.25) is 0 Å². The molecule has 0 rings (SSSR count). The average molecular weight is 255 g/mol. The van der Waals surface area contributed by atoms with E-state index in [1.165, 1.54) is 0 Å². The number of methoxy groups -OCH3 is 3. The third-order valence-electron chi connectivity index (χ3n) is 1.73. The summed E-state index contributed by atoms with van der Waals surface area (Å²) in [5, 5.41) is -2.58. The number of rotatable bonds is 5. The van der Waals surface area contributed by atoms with Gasteiger partial charge in [0.15, 0.2) is 11.5 Å². The average Bonchev–Trinajstić information content (AvgIpc) is 2.16. The van der Waals surface area contributed by atoms with Crippen LogP contribution in [0, 0.1) is 0 Å². The van der Waals surface area contributed by atoms with E-state index in [-0.39, 0.29) is 0 Å². The molecule has 0 aromatic rings. The van der Waals surface area contributed by atoms with Crippen molar-refractivity contribution in [2.75, 3.05) is 21.3 Å². The molecule has 0 aliphatic heterocycles.